The van der Waals surface area contributed by atoms with Crippen molar-refractivity contribution in [2.24, 2.45) is 0 Å². The lowest BCUT2D eigenvalue weighted by Crippen LogP contribution is -2.50. The average molecular weight is 558 g/mol. The number of aromatic nitrogens is 2. The third-order valence-corrected chi connectivity index (χ3v) is 8.14. The van der Waals surface area contributed by atoms with Crippen LogP contribution in [0.3, 0.4) is 0 Å². The van der Waals surface area contributed by atoms with E-state index >= 15 is 0 Å². The van der Waals surface area contributed by atoms with Gasteiger partial charge in [-0.05, 0) is 32.9 Å². The van der Waals surface area contributed by atoms with Crippen molar-refractivity contribution in [1.82, 2.24) is 14.6 Å². The van der Waals surface area contributed by atoms with Gasteiger partial charge >= 0.3 is 19.4 Å². The second-order valence-electron chi connectivity index (χ2n) is 9.05. The van der Waals surface area contributed by atoms with Gasteiger partial charge in [-0.25, -0.2) is 13.8 Å². The van der Waals surface area contributed by atoms with E-state index in [2.05, 4.69) is 5.09 Å². The summed E-state index contributed by atoms with van der Waals surface area (Å²) in [5.74, 6) is -1.71. The summed E-state index contributed by atoms with van der Waals surface area (Å²) >= 11 is 6.44. The molecule has 1 saturated heterocycles. The molecule has 0 bridgehead atoms. The van der Waals surface area contributed by atoms with Crippen molar-refractivity contribution in [3.8, 4) is 5.75 Å². The second kappa shape index (κ2) is 9.37. The van der Waals surface area contributed by atoms with E-state index in [0.29, 0.717) is 0 Å². The minimum Gasteiger partial charge on any atom is -0.465 e. The summed E-state index contributed by atoms with van der Waals surface area (Å²) < 4.78 is 48.0. The minimum atomic E-state index is -4.60. The lowest BCUT2D eigenvalue weighted by atomic mass is 9.78. The lowest BCUT2D eigenvalue weighted by molar-refractivity contribution is -0.149. The Morgan fingerprint density at radius 1 is 1.41 bits per heavy atom. The highest BCUT2D eigenvalue weighted by atomic mass is 35.5. The zero-order valence-electron chi connectivity index (χ0n) is 19.8. The van der Waals surface area contributed by atoms with Crippen molar-refractivity contribution in [2.45, 2.75) is 55.1 Å². The van der Waals surface area contributed by atoms with Crippen molar-refractivity contribution in [1.29, 1.82) is 0 Å². The molecule has 1 aliphatic carbocycles. The van der Waals surface area contributed by atoms with E-state index in [4.69, 9.17) is 38.0 Å². The highest BCUT2D eigenvalue weighted by Gasteiger charge is 2.83. The van der Waals surface area contributed by atoms with Crippen LogP contribution in [0.1, 0.15) is 27.0 Å². The van der Waals surface area contributed by atoms with E-state index < -0.39 is 65.1 Å². The molecule has 1 saturated carbocycles. The topological polar surface area (TPSA) is 158 Å². The first-order valence-electron chi connectivity index (χ1n) is 11.0. The van der Waals surface area contributed by atoms with E-state index in [0.717, 1.165) is 29.0 Å². The van der Waals surface area contributed by atoms with Gasteiger partial charge in [-0.15, -0.1) is 11.6 Å². The second-order valence-corrected chi connectivity index (χ2v) is 11.3. The predicted octanol–water partition coefficient (Wildman–Crippen LogP) is 0.925. The number of ether oxygens (including phenoxy) is 2. The van der Waals surface area contributed by atoms with Gasteiger partial charge in [0.05, 0.1) is 11.4 Å². The molecule has 0 amide bonds. The van der Waals surface area contributed by atoms with Gasteiger partial charge in [-0.3, -0.25) is 23.7 Å². The Hall–Kier alpha value is -2.48. The normalized spacial score (nSPS) is 30.3. The summed E-state index contributed by atoms with van der Waals surface area (Å²) in [5.41, 5.74) is -5.38. The fourth-order valence-electron chi connectivity index (χ4n) is 3.96. The summed E-state index contributed by atoms with van der Waals surface area (Å²) in [4.78, 5) is 38.0. The van der Waals surface area contributed by atoms with Crippen LogP contribution in [-0.4, -0.2) is 63.2 Å². The monoisotopic (exact) mass is 557 g/mol. The van der Waals surface area contributed by atoms with E-state index in [1.807, 2.05) is 4.98 Å². The van der Waals surface area contributed by atoms with Crippen LogP contribution >= 0.6 is 19.3 Å². The SMILES string of the molecule is [B][C@@]1(Cl)[C@H](n2ccc(=O)[nH]c2=O)O[C@@H]2C(OP(=O)(NC(C)(C)C(=O)OCC)Oc3cccc(F)c3)[C@@]21O. The van der Waals surface area contributed by atoms with Crippen molar-refractivity contribution >= 4 is 33.2 Å². The van der Waals surface area contributed by atoms with E-state index in [-0.39, 0.29) is 12.4 Å². The fraction of sp³-hybridized carbons (Fsp3) is 0.476. The van der Waals surface area contributed by atoms with Crippen LogP contribution in [0.25, 0.3) is 0 Å². The maximum Gasteiger partial charge on any atom is 0.460 e. The van der Waals surface area contributed by atoms with Gasteiger partial charge in [0.2, 0.25) is 0 Å². The molecule has 16 heteroatoms. The lowest BCUT2D eigenvalue weighted by Gasteiger charge is -2.34. The third kappa shape index (κ3) is 4.89. The highest BCUT2D eigenvalue weighted by Crippen LogP contribution is 2.66. The van der Waals surface area contributed by atoms with Gasteiger partial charge < -0.3 is 19.1 Å². The molecule has 1 aromatic heterocycles. The molecule has 2 heterocycles. The van der Waals surface area contributed by atoms with Crippen molar-refractivity contribution in [3.05, 3.63) is 63.2 Å². The highest BCUT2D eigenvalue weighted by molar-refractivity contribution is 7.52. The summed E-state index contributed by atoms with van der Waals surface area (Å²) in [6.45, 7) is 4.31. The molecule has 0 spiro atoms. The van der Waals surface area contributed by atoms with Gasteiger partial charge in [0.15, 0.2) is 6.23 Å². The smallest absolute Gasteiger partial charge is 0.460 e. The number of carbonyl (C=O) groups is 1. The molecule has 198 valence electrons. The molecule has 4 rings (SSSR count). The molecule has 2 aromatic rings. The molecule has 2 aliphatic rings. The van der Waals surface area contributed by atoms with Crippen LogP contribution in [-0.2, 0) is 23.4 Å². The van der Waals surface area contributed by atoms with E-state index in [9.17, 15) is 28.4 Å². The Morgan fingerprint density at radius 2 is 2.11 bits per heavy atom. The molecule has 2 fully saturated rings. The number of carbonyl (C=O) groups excluding carboxylic acids is 1. The number of halogens is 2. The largest absolute Gasteiger partial charge is 0.465 e. The maximum atomic E-state index is 13.9. The van der Waals surface area contributed by atoms with Gasteiger partial charge in [0.1, 0.15) is 42.8 Å². The van der Waals surface area contributed by atoms with Crippen LogP contribution in [0.5, 0.6) is 5.75 Å². The number of alkyl halides is 1. The molecular formula is C21H23BClFN3O9P. The standard InChI is InChI=1S/C21H23BClFN3O9P/c1-4-33-17(29)19(2,3)26-37(32,35-12-7-5-6-11(24)10-12)36-15-14-20(15,31)21(22,23)16(34-14)27-9-8-13(28)25-18(27)30/h5-10,14-16,31H,4H2,1-3H3,(H,26,32)(H,25,28,30)/t14-,15?,16-,20+,21-,37?/m1/s1. The van der Waals surface area contributed by atoms with Crippen molar-refractivity contribution in [3.63, 3.8) is 0 Å². The van der Waals surface area contributed by atoms with Crippen molar-refractivity contribution in [2.75, 3.05) is 6.61 Å². The number of aliphatic hydroxyl groups is 1. The Morgan fingerprint density at radius 3 is 2.68 bits per heavy atom. The zero-order valence-corrected chi connectivity index (χ0v) is 21.5. The molecule has 1 aliphatic heterocycles. The van der Waals surface area contributed by atoms with E-state index in [1.54, 1.807) is 6.92 Å². The fourth-order valence-corrected chi connectivity index (χ4v) is 6.21. The summed E-state index contributed by atoms with van der Waals surface area (Å²) in [7, 11) is 1.56. The average Bonchev–Trinajstić information content (AvgIpc) is 3.26. The van der Waals surface area contributed by atoms with E-state index in [1.165, 1.54) is 26.0 Å². The number of nitrogens with zero attached hydrogens (tertiary/aromatic N) is 1. The molecule has 3 N–H and O–H groups in total. The molecule has 2 radical (unpaired) electrons. The maximum absolute atomic E-state index is 13.9. The van der Waals surface area contributed by atoms with Gasteiger partial charge in [0, 0.05) is 18.3 Å². The minimum absolute atomic E-state index is 0.0333. The number of hydrogen-bond acceptors (Lipinski definition) is 9. The number of hydrogen-bond donors (Lipinski definition) is 3. The number of esters is 1. The number of fused-ring (bicyclic) bond motifs is 1. The zero-order chi connectivity index (χ0) is 27.4. The molecule has 1 aromatic carbocycles. The summed E-state index contributed by atoms with van der Waals surface area (Å²) in [6.07, 6.45) is -3.12. The summed E-state index contributed by atoms with van der Waals surface area (Å²) in [6, 6.07) is 5.68. The van der Waals surface area contributed by atoms with Crippen LogP contribution in [0, 0.1) is 5.82 Å². The van der Waals surface area contributed by atoms with Crippen LogP contribution in [0.4, 0.5) is 4.39 Å². The van der Waals surface area contributed by atoms with Gasteiger partial charge in [-0.2, -0.15) is 5.09 Å². The Kier molecular flexibility index (Phi) is 6.98. The molecule has 12 nitrogen and oxygen atoms in total. The first-order valence-corrected chi connectivity index (χ1v) is 12.9. The number of aromatic amines is 1. The predicted molar refractivity (Wildman–Crippen MR) is 128 cm³/mol. The first kappa shape index (κ1) is 27.6. The Bertz CT molecular complexity index is 1390. The molecule has 2 unspecified atom stereocenters. The van der Waals surface area contributed by atoms with Gasteiger partial charge in [0.25, 0.3) is 5.56 Å². The Balaban J connectivity index is 1.62. The molecule has 37 heavy (non-hydrogen) atoms. The molecular weight excluding hydrogens is 534 g/mol. The first-order chi connectivity index (χ1) is 17.1. The van der Waals surface area contributed by atoms with Crippen molar-refractivity contribution < 1.29 is 37.4 Å². The number of nitrogens with one attached hydrogen (secondary N) is 2. The van der Waals surface area contributed by atoms with Crippen LogP contribution in [0.2, 0.25) is 0 Å². The Labute approximate surface area is 216 Å². The third-order valence-electron chi connectivity index (χ3n) is 5.86. The quantitative estimate of drug-likeness (QED) is 0.175. The number of benzene rings is 1. The van der Waals surface area contributed by atoms with Gasteiger partial charge in [-0.1, -0.05) is 6.07 Å². The summed E-state index contributed by atoms with van der Waals surface area (Å²) in [5, 5.41) is 13.7. The van der Waals surface area contributed by atoms with Crippen LogP contribution in [0.15, 0.2) is 46.1 Å². The number of H-pyrrole nitrogens is 1. The molecule has 6 atom stereocenters. The van der Waals surface area contributed by atoms with Crippen LogP contribution < -0.4 is 20.9 Å². The number of rotatable bonds is 9.